The van der Waals surface area contributed by atoms with E-state index in [1.165, 1.54) is 0 Å². The third-order valence-electron chi connectivity index (χ3n) is 1.70. The Morgan fingerprint density at radius 1 is 1.15 bits per heavy atom. The second-order valence-electron chi connectivity index (χ2n) is 3.24. The molecule has 13 heavy (non-hydrogen) atoms. The third kappa shape index (κ3) is 1.71. The fourth-order valence-electron chi connectivity index (χ4n) is 1.16. The minimum absolute atomic E-state index is 0.167. The first-order chi connectivity index (χ1) is 6.07. The van der Waals surface area contributed by atoms with Gasteiger partial charge in [0, 0.05) is 12.6 Å². The van der Waals surface area contributed by atoms with Crippen molar-refractivity contribution in [3.05, 3.63) is 20.4 Å². The van der Waals surface area contributed by atoms with Crippen LogP contribution in [0, 0.1) is 0 Å². The minimum atomic E-state index is -0.412. The first-order valence-corrected chi connectivity index (χ1v) is 4.41. The number of rotatable bonds is 4. The second kappa shape index (κ2) is 3.60. The Morgan fingerprint density at radius 3 is 2.15 bits per heavy atom. The summed E-state index contributed by atoms with van der Waals surface area (Å²) in [6.45, 7) is 6.38. The SMILES string of the molecule is CCNc1c(NC(C)C)c(=O)c1=O. The van der Waals surface area contributed by atoms with Crippen molar-refractivity contribution in [2.75, 3.05) is 17.2 Å². The number of anilines is 2. The fourth-order valence-corrected chi connectivity index (χ4v) is 1.16. The number of nitrogens with one attached hydrogen (secondary N) is 2. The van der Waals surface area contributed by atoms with Crippen molar-refractivity contribution < 1.29 is 0 Å². The predicted octanol–water partition coefficient (Wildman–Crippen LogP) is 0.535. The van der Waals surface area contributed by atoms with Crippen LogP contribution in [0.5, 0.6) is 0 Å². The molecular weight excluding hydrogens is 168 g/mol. The quantitative estimate of drug-likeness (QED) is 0.667. The van der Waals surface area contributed by atoms with Crippen molar-refractivity contribution in [2.45, 2.75) is 26.8 Å². The molecule has 0 aliphatic carbocycles. The normalized spacial score (nSPS) is 10.8. The van der Waals surface area contributed by atoms with Crippen LogP contribution in [0.4, 0.5) is 11.4 Å². The van der Waals surface area contributed by atoms with Crippen molar-refractivity contribution in [2.24, 2.45) is 0 Å². The van der Waals surface area contributed by atoms with Gasteiger partial charge in [0.25, 0.3) is 10.9 Å². The molecule has 4 nitrogen and oxygen atoms in total. The lowest BCUT2D eigenvalue weighted by Gasteiger charge is -2.15. The molecule has 4 heteroatoms. The monoisotopic (exact) mass is 182 g/mol. The highest BCUT2D eigenvalue weighted by Crippen LogP contribution is 2.14. The summed E-state index contributed by atoms with van der Waals surface area (Å²) in [5, 5.41) is 5.81. The molecule has 0 aromatic heterocycles. The van der Waals surface area contributed by atoms with Crippen LogP contribution in [0.3, 0.4) is 0 Å². The number of hydrogen-bond acceptors (Lipinski definition) is 4. The predicted molar refractivity (Wildman–Crippen MR) is 54.3 cm³/mol. The maximum Gasteiger partial charge on any atom is 0.253 e. The molecule has 1 aromatic rings. The van der Waals surface area contributed by atoms with E-state index >= 15 is 0 Å². The first kappa shape index (κ1) is 9.77. The minimum Gasteiger partial charge on any atom is -0.380 e. The van der Waals surface area contributed by atoms with E-state index in [-0.39, 0.29) is 6.04 Å². The van der Waals surface area contributed by atoms with E-state index in [2.05, 4.69) is 10.6 Å². The van der Waals surface area contributed by atoms with Crippen molar-refractivity contribution in [3.63, 3.8) is 0 Å². The molecule has 0 unspecified atom stereocenters. The lowest BCUT2D eigenvalue weighted by molar-refractivity contribution is 0.893. The van der Waals surface area contributed by atoms with E-state index in [0.717, 1.165) is 0 Å². The highest BCUT2D eigenvalue weighted by atomic mass is 16.2. The maximum absolute atomic E-state index is 11.1. The molecule has 0 spiro atoms. The molecule has 0 aliphatic heterocycles. The average molecular weight is 182 g/mol. The molecule has 0 saturated heterocycles. The van der Waals surface area contributed by atoms with Gasteiger partial charge >= 0.3 is 0 Å². The van der Waals surface area contributed by atoms with Crippen molar-refractivity contribution in [1.29, 1.82) is 0 Å². The summed E-state index contributed by atoms with van der Waals surface area (Å²) in [6, 6.07) is 0.167. The zero-order valence-corrected chi connectivity index (χ0v) is 8.10. The number of hydrogen-bond donors (Lipinski definition) is 2. The molecule has 2 N–H and O–H groups in total. The van der Waals surface area contributed by atoms with Gasteiger partial charge in [-0.25, -0.2) is 0 Å². The molecule has 0 radical (unpaired) electrons. The average Bonchev–Trinajstić information content (AvgIpc) is 2.10. The molecule has 0 saturated carbocycles. The van der Waals surface area contributed by atoms with E-state index in [0.29, 0.717) is 17.9 Å². The van der Waals surface area contributed by atoms with Crippen LogP contribution < -0.4 is 21.5 Å². The van der Waals surface area contributed by atoms with E-state index in [1.54, 1.807) is 0 Å². The van der Waals surface area contributed by atoms with Crippen LogP contribution in [0.25, 0.3) is 0 Å². The Bertz CT molecular complexity index is 361. The summed E-state index contributed by atoms with van der Waals surface area (Å²) in [5.41, 5.74) is 0.0395. The summed E-state index contributed by atoms with van der Waals surface area (Å²) in [5.74, 6) is 0. The van der Waals surface area contributed by atoms with Gasteiger partial charge in [0.05, 0.1) is 0 Å². The smallest absolute Gasteiger partial charge is 0.253 e. The van der Waals surface area contributed by atoms with Crippen molar-refractivity contribution in [3.8, 4) is 0 Å². The molecule has 72 valence electrons. The van der Waals surface area contributed by atoms with Gasteiger partial charge in [-0.05, 0) is 20.8 Å². The van der Waals surface area contributed by atoms with E-state index in [4.69, 9.17) is 0 Å². The van der Waals surface area contributed by atoms with Gasteiger partial charge in [-0.1, -0.05) is 0 Å². The van der Waals surface area contributed by atoms with Crippen LogP contribution in [-0.4, -0.2) is 12.6 Å². The Balaban J connectivity index is 2.88. The molecule has 0 fully saturated rings. The largest absolute Gasteiger partial charge is 0.380 e. The van der Waals surface area contributed by atoms with Crippen LogP contribution in [0.1, 0.15) is 20.8 Å². The highest BCUT2D eigenvalue weighted by molar-refractivity contribution is 5.74. The van der Waals surface area contributed by atoms with Gasteiger partial charge in [-0.3, -0.25) is 9.59 Å². The van der Waals surface area contributed by atoms with Crippen LogP contribution in [0.15, 0.2) is 9.59 Å². The van der Waals surface area contributed by atoms with E-state index in [9.17, 15) is 9.59 Å². The molecule has 0 heterocycles. The first-order valence-electron chi connectivity index (χ1n) is 4.41. The summed E-state index contributed by atoms with van der Waals surface area (Å²) < 4.78 is 0. The Morgan fingerprint density at radius 2 is 1.69 bits per heavy atom. The topological polar surface area (TPSA) is 58.2 Å². The third-order valence-corrected chi connectivity index (χ3v) is 1.70. The molecule has 0 atom stereocenters. The summed E-state index contributed by atoms with van der Waals surface area (Å²) >= 11 is 0. The Labute approximate surface area is 76.7 Å². The van der Waals surface area contributed by atoms with E-state index in [1.807, 2.05) is 20.8 Å². The standard InChI is InChI=1S/C9H14N2O2/c1-4-10-6-7(11-5(2)3)9(13)8(6)12/h5,10-11H,4H2,1-3H3. The van der Waals surface area contributed by atoms with Gasteiger partial charge in [-0.2, -0.15) is 0 Å². The zero-order valence-electron chi connectivity index (χ0n) is 8.10. The maximum atomic E-state index is 11.1. The summed E-state index contributed by atoms with van der Waals surface area (Å²) in [6.07, 6.45) is 0. The van der Waals surface area contributed by atoms with Gasteiger partial charge in [0.2, 0.25) is 0 Å². The van der Waals surface area contributed by atoms with Crippen molar-refractivity contribution in [1.82, 2.24) is 0 Å². The highest BCUT2D eigenvalue weighted by Gasteiger charge is 2.20. The van der Waals surface area contributed by atoms with Gasteiger partial charge in [0.1, 0.15) is 11.4 Å². The molecular formula is C9H14N2O2. The molecule has 0 amide bonds. The van der Waals surface area contributed by atoms with Crippen molar-refractivity contribution >= 4 is 11.4 Å². The second-order valence-corrected chi connectivity index (χ2v) is 3.24. The Kier molecular flexibility index (Phi) is 2.70. The molecule has 0 aliphatic rings. The molecule has 1 rings (SSSR count). The van der Waals surface area contributed by atoms with E-state index < -0.39 is 10.9 Å². The van der Waals surface area contributed by atoms with Crippen LogP contribution in [-0.2, 0) is 0 Å². The van der Waals surface area contributed by atoms with Crippen LogP contribution >= 0.6 is 0 Å². The summed E-state index contributed by atoms with van der Waals surface area (Å²) in [4.78, 5) is 22.1. The van der Waals surface area contributed by atoms with Gasteiger partial charge in [0.15, 0.2) is 0 Å². The van der Waals surface area contributed by atoms with Gasteiger partial charge in [-0.15, -0.1) is 0 Å². The zero-order chi connectivity index (χ0) is 10.0. The molecule has 1 aromatic carbocycles. The lowest BCUT2D eigenvalue weighted by Crippen LogP contribution is -2.38. The molecule has 0 bridgehead atoms. The Hall–Kier alpha value is -1.32. The van der Waals surface area contributed by atoms with Crippen LogP contribution in [0.2, 0.25) is 0 Å². The lowest BCUT2D eigenvalue weighted by atomic mass is 10.1. The fraction of sp³-hybridized carbons (Fsp3) is 0.556. The van der Waals surface area contributed by atoms with Gasteiger partial charge < -0.3 is 10.6 Å². The summed E-state index contributed by atoms with van der Waals surface area (Å²) in [7, 11) is 0.